The molecule has 0 aliphatic carbocycles. The van der Waals surface area contributed by atoms with Crippen molar-refractivity contribution in [3.63, 3.8) is 0 Å². The number of ether oxygens (including phenoxy) is 2. The lowest BCUT2D eigenvalue weighted by Crippen LogP contribution is -2.36. The fourth-order valence-electron chi connectivity index (χ4n) is 3.92. The molecule has 32 heavy (non-hydrogen) atoms. The first-order valence-electron chi connectivity index (χ1n) is 10.1. The molecule has 1 aliphatic heterocycles. The number of benzene rings is 1. The SMILES string of the molecule is COc1ccc(OC)c(C2C(C(=O)c3ccco3)=C(O)C(=O)N2CCC[n+]2cc[nH]c2)c1. The Morgan fingerprint density at radius 1 is 1.28 bits per heavy atom. The lowest BCUT2D eigenvalue weighted by Gasteiger charge is -2.28. The van der Waals surface area contributed by atoms with Crippen LogP contribution in [0.4, 0.5) is 0 Å². The van der Waals surface area contributed by atoms with E-state index in [2.05, 4.69) is 4.98 Å². The molecule has 1 aromatic carbocycles. The molecule has 4 rings (SSSR count). The first kappa shape index (κ1) is 21.2. The average Bonchev–Trinajstić information content (AvgIpc) is 3.57. The number of aromatic nitrogens is 2. The maximum Gasteiger partial charge on any atom is 0.290 e. The molecule has 1 aliphatic rings. The summed E-state index contributed by atoms with van der Waals surface area (Å²) >= 11 is 0. The summed E-state index contributed by atoms with van der Waals surface area (Å²) < 4.78 is 18.1. The molecule has 0 fully saturated rings. The van der Waals surface area contributed by atoms with E-state index in [0.717, 1.165) is 0 Å². The van der Waals surface area contributed by atoms with Crippen LogP contribution in [-0.2, 0) is 11.3 Å². The van der Waals surface area contributed by atoms with Gasteiger partial charge in [-0.2, -0.15) is 0 Å². The highest BCUT2D eigenvalue weighted by Gasteiger charge is 2.45. The number of H-pyrrole nitrogens is 1. The Kier molecular flexibility index (Phi) is 5.98. The fraction of sp³-hybridized carbons (Fsp3) is 0.261. The summed E-state index contributed by atoms with van der Waals surface area (Å²) in [5.41, 5.74) is 0.485. The summed E-state index contributed by atoms with van der Waals surface area (Å²) in [4.78, 5) is 30.8. The van der Waals surface area contributed by atoms with Gasteiger partial charge in [-0.15, -0.1) is 0 Å². The van der Waals surface area contributed by atoms with Gasteiger partial charge in [0.1, 0.15) is 23.9 Å². The molecule has 0 saturated carbocycles. The Morgan fingerprint density at radius 3 is 2.78 bits per heavy atom. The number of amides is 1. The predicted octanol–water partition coefficient (Wildman–Crippen LogP) is 2.58. The van der Waals surface area contributed by atoms with E-state index in [1.807, 2.05) is 17.1 Å². The molecule has 0 spiro atoms. The number of methoxy groups -OCH3 is 2. The summed E-state index contributed by atoms with van der Waals surface area (Å²) in [7, 11) is 3.03. The number of furan rings is 1. The quantitative estimate of drug-likeness (QED) is 0.393. The van der Waals surface area contributed by atoms with Crippen molar-refractivity contribution in [3.05, 3.63) is 78.0 Å². The van der Waals surface area contributed by atoms with Gasteiger partial charge in [0.05, 0.1) is 38.6 Å². The highest BCUT2D eigenvalue weighted by molar-refractivity contribution is 6.15. The minimum absolute atomic E-state index is 0.0379. The highest BCUT2D eigenvalue weighted by Crippen LogP contribution is 2.43. The molecule has 1 amide bonds. The minimum atomic E-state index is -0.860. The molecule has 0 bridgehead atoms. The van der Waals surface area contributed by atoms with E-state index in [-0.39, 0.29) is 11.3 Å². The Balaban J connectivity index is 1.74. The first-order chi connectivity index (χ1) is 15.5. The van der Waals surface area contributed by atoms with E-state index in [9.17, 15) is 14.7 Å². The van der Waals surface area contributed by atoms with E-state index in [4.69, 9.17) is 13.9 Å². The van der Waals surface area contributed by atoms with Crippen LogP contribution < -0.4 is 14.0 Å². The zero-order chi connectivity index (χ0) is 22.7. The number of nitrogens with zero attached hydrogens (tertiary/aromatic N) is 2. The fourth-order valence-corrected chi connectivity index (χ4v) is 3.92. The average molecular weight is 438 g/mol. The van der Waals surface area contributed by atoms with Gasteiger partial charge < -0.3 is 23.9 Å². The van der Waals surface area contributed by atoms with Crippen molar-refractivity contribution >= 4 is 11.7 Å². The molecule has 1 unspecified atom stereocenters. The van der Waals surface area contributed by atoms with Gasteiger partial charge in [-0.3, -0.25) is 14.6 Å². The predicted molar refractivity (Wildman–Crippen MR) is 112 cm³/mol. The van der Waals surface area contributed by atoms with Gasteiger partial charge in [-0.1, -0.05) is 0 Å². The lowest BCUT2D eigenvalue weighted by atomic mass is 9.94. The van der Waals surface area contributed by atoms with Gasteiger partial charge in [-0.25, -0.2) is 4.57 Å². The van der Waals surface area contributed by atoms with Crippen LogP contribution in [0.2, 0.25) is 0 Å². The second-order valence-corrected chi connectivity index (χ2v) is 7.28. The number of rotatable bonds is 9. The van der Waals surface area contributed by atoms with E-state index in [0.29, 0.717) is 36.6 Å². The second kappa shape index (κ2) is 9.01. The number of aryl methyl sites for hydroxylation is 1. The number of carbonyl (C=O) groups excluding carboxylic acids is 2. The maximum atomic E-state index is 13.2. The van der Waals surface area contributed by atoms with Gasteiger partial charge >= 0.3 is 0 Å². The van der Waals surface area contributed by atoms with Crippen molar-refractivity contribution in [1.82, 2.24) is 9.88 Å². The number of ketones is 1. The summed E-state index contributed by atoms with van der Waals surface area (Å²) in [5.74, 6) is -0.723. The number of hydrogen-bond donors (Lipinski definition) is 2. The van der Waals surface area contributed by atoms with Crippen LogP contribution in [0.25, 0.3) is 0 Å². The van der Waals surface area contributed by atoms with Crippen LogP contribution in [0, 0.1) is 0 Å². The number of carbonyl (C=O) groups is 2. The van der Waals surface area contributed by atoms with Crippen LogP contribution >= 0.6 is 0 Å². The van der Waals surface area contributed by atoms with E-state index >= 15 is 0 Å². The van der Waals surface area contributed by atoms with Gasteiger partial charge in [0, 0.05) is 18.5 Å². The molecule has 9 nitrogen and oxygen atoms in total. The Hall–Kier alpha value is -4.01. The molecular weight excluding hydrogens is 414 g/mol. The van der Waals surface area contributed by atoms with Crippen molar-refractivity contribution in [2.24, 2.45) is 0 Å². The van der Waals surface area contributed by atoms with E-state index in [1.54, 1.807) is 30.5 Å². The molecule has 3 aromatic rings. The summed E-state index contributed by atoms with van der Waals surface area (Å²) in [6, 6.07) is 7.35. The molecule has 0 radical (unpaired) electrons. The normalized spacial score (nSPS) is 16.0. The van der Waals surface area contributed by atoms with Crippen LogP contribution in [0.3, 0.4) is 0 Å². The van der Waals surface area contributed by atoms with Crippen LogP contribution in [0.5, 0.6) is 11.5 Å². The first-order valence-corrected chi connectivity index (χ1v) is 10.1. The van der Waals surface area contributed by atoms with Crippen molar-refractivity contribution in [2.45, 2.75) is 19.0 Å². The number of hydrogen-bond acceptors (Lipinski definition) is 6. The minimum Gasteiger partial charge on any atom is -0.503 e. The van der Waals surface area contributed by atoms with Crippen molar-refractivity contribution in [3.8, 4) is 11.5 Å². The Labute approximate surface area is 184 Å². The molecule has 0 saturated heterocycles. The molecule has 1 atom stereocenters. The Morgan fingerprint density at radius 2 is 2.12 bits per heavy atom. The van der Waals surface area contributed by atoms with Crippen molar-refractivity contribution in [2.75, 3.05) is 20.8 Å². The molecule has 2 aromatic heterocycles. The molecule has 3 heterocycles. The standard InChI is InChI=1S/C23H23N3O6/c1-30-15-6-7-17(31-2)16(13-15)20-19(21(27)18-5-3-12-32-18)22(28)23(29)26(20)10-4-9-25-11-8-24-14-25/h3,5-8,11-14,20H,4,9-10H2,1-2H3,(H,27,28)/p+1. The number of aromatic amines is 1. The second-order valence-electron chi connectivity index (χ2n) is 7.28. The third kappa shape index (κ3) is 3.84. The van der Waals surface area contributed by atoms with Gasteiger partial charge in [0.15, 0.2) is 11.5 Å². The van der Waals surface area contributed by atoms with Crippen LogP contribution in [-0.4, -0.2) is 47.4 Å². The molecule has 166 valence electrons. The summed E-state index contributed by atoms with van der Waals surface area (Å²) in [6.45, 7) is 0.957. The van der Waals surface area contributed by atoms with Gasteiger partial charge in [-0.05, 0) is 30.3 Å². The van der Waals surface area contributed by atoms with Crippen LogP contribution in [0.1, 0.15) is 28.6 Å². The van der Waals surface area contributed by atoms with Gasteiger partial charge in [0.2, 0.25) is 12.1 Å². The van der Waals surface area contributed by atoms with E-state index in [1.165, 1.54) is 31.4 Å². The highest BCUT2D eigenvalue weighted by atomic mass is 16.5. The number of aliphatic hydroxyl groups is 1. The zero-order valence-electron chi connectivity index (χ0n) is 17.8. The summed E-state index contributed by atoms with van der Waals surface area (Å²) in [6.07, 6.45) is 7.48. The molecule has 2 N–H and O–H groups in total. The van der Waals surface area contributed by atoms with Crippen molar-refractivity contribution in [1.29, 1.82) is 0 Å². The van der Waals surface area contributed by atoms with Crippen LogP contribution in [0.15, 0.2) is 71.1 Å². The van der Waals surface area contributed by atoms with E-state index < -0.39 is 23.5 Å². The molecule has 9 heteroatoms. The number of nitrogens with one attached hydrogen (secondary N) is 1. The number of aliphatic hydroxyl groups excluding tert-OH is 1. The van der Waals surface area contributed by atoms with Gasteiger partial charge in [0.25, 0.3) is 5.91 Å². The monoisotopic (exact) mass is 438 g/mol. The van der Waals surface area contributed by atoms with Crippen molar-refractivity contribution < 1.29 is 33.2 Å². The molecular formula is C23H24N3O6+. The zero-order valence-corrected chi connectivity index (χ0v) is 17.8. The summed E-state index contributed by atoms with van der Waals surface area (Å²) in [5, 5.41) is 10.7. The maximum absolute atomic E-state index is 13.2. The third-order valence-corrected chi connectivity index (χ3v) is 5.44. The largest absolute Gasteiger partial charge is 0.503 e. The number of imidazole rings is 1. The Bertz CT molecular complexity index is 1130. The topological polar surface area (TPSA) is 109 Å². The smallest absolute Gasteiger partial charge is 0.290 e. The third-order valence-electron chi connectivity index (χ3n) is 5.44. The number of Topliss-reactive ketones (excluding diaryl/α,β-unsaturated/α-hetero) is 1. The lowest BCUT2D eigenvalue weighted by molar-refractivity contribution is -0.695.